The SMILES string of the molecule is CCCOC(=O)c1ccc(NC(=O)Cc2cccc(OC)c2)cc1. The summed E-state index contributed by atoms with van der Waals surface area (Å²) in [5.74, 6) is 0.228. The molecule has 0 bridgehead atoms. The van der Waals surface area contributed by atoms with Gasteiger partial charge in [-0.1, -0.05) is 19.1 Å². The van der Waals surface area contributed by atoms with Crippen LogP contribution in [0.1, 0.15) is 29.3 Å². The van der Waals surface area contributed by atoms with Gasteiger partial charge in [0.2, 0.25) is 5.91 Å². The fourth-order valence-electron chi connectivity index (χ4n) is 2.14. The highest BCUT2D eigenvalue weighted by atomic mass is 16.5. The van der Waals surface area contributed by atoms with E-state index in [4.69, 9.17) is 9.47 Å². The van der Waals surface area contributed by atoms with E-state index >= 15 is 0 Å². The van der Waals surface area contributed by atoms with E-state index in [-0.39, 0.29) is 18.3 Å². The van der Waals surface area contributed by atoms with E-state index in [0.717, 1.165) is 17.7 Å². The summed E-state index contributed by atoms with van der Waals surface area (Å²) in [5.41, 5.74) is 1.97. The summed E-state index contributed by atoms with van der Waals surface area (Å²) in [6, 6.07) is 14.0. The molecule has 0 aromatic heterocycles. The Morgan fingerprint density at radius 3 is 2.50 bits per heavy atom. The molecule has 0 heterocycles. The zero-order chi connectivity index (χ0) is 17.4. The molecule has 0 spiro atoms. The summed E-state index contributed by atoms with van der Waals surface area (Å²) in [4.78, 5) is 23.8. The summed E-state index contributed by atoms with van der Waals surface area (Å²) >= 11 is 0. The van der Waals surface area contributed by atoms with E-state index in [0.29, 0.717) is 17.9 Å². The number of methoxy groups -OCH3 is 1. The molecule has 0 aliphatic rings. The second-order valence-electron chi connectivity index (χ2n) is 5.29. The van der Waals surface area contributed by atoms with Crippen molar-refractivity contribution in [3.63, 3.8) is 0 Å². The highest BCUT2D eigenvalue weighted by Gasteiger charge is 2.08. The molecule has 24 heavy (non-hydrogen) atoms. The number of benzene rings is 2. The second-order valence-corrected chi connectivity index (χ2v) is 5.29. The van der Waals surface area contributed by atoms with Gasteiger partial charge >= 0.3 is 5.97 Å². The lowest BCUT2D eigenvalue weighted by atomic mass is 10.1. The Balaban J connectivity index is 1.93. The Kier molecular flexibility index (Phi) is 6.37. The Hall–Kier alpha value is -2.82. The molecule has 0 radical (unpaired) electrons. The molecule has 1 N–H and O–H groups in total. The lowest BCUT2D eigenvalue weighted by molar-refractivity contribution is -0.115. The van der Waals surface area contributed by atoms with Crippen molar-refractivity contribution in [2.75, 3.05) is 19.0 Å². The molecular weight excluding hydrogens is 306 g/mol. The van der Waals surface area contributed by atoms with Crippen LogP contribution in [0, 0.1) is 0 Å². The normalized spacial score (nSPS) is 10.1. The van der Waals surface area contributed by atoms with E-state index in [2.05, 4.69) is 5.32 Å². The topological polar surface area (TPSA) is 64.6 Å². The number of hydrogen-bond donors (Lipinski definition) is 1. The Bertz CT molecular complexity index is 695. The van der Waals surface area contributed by atoms with Gasteiger partial charge < -0.3 is 14.8 Å². The van der Waals surface area contributed by atoms with Crippen LogP contribution in [-0.2, 0) is 16.0 Å². The minimum atomic E-state index is -0.355. The third-order valence-electron chi connectivity index (χ3n) is 3.34. The van der Waals surface area contributed by atoms with Crippen molar-refractivity contribution < 1.29 is 19.1 Å². The standard InChI is InChI=1S/C19H21NO4/c1-3-11-24-19(22)15-7-9-16(10-8-15)20-18(21)13-14-5-4-6-17(12-14)23-2/h4-10,12H,3,11,13H2,1-2H3,(H,20,21). The predicted octanol–water partition coefficient (Wildman–Crippen LogP) is 3.44. The van der Waals surface area contributed by atoms with Gasteiger partial charge in [0.15, 0.2) is 0 Å². The first kappa shape index (κ1) is 17.5. The molecule has 0 fully saturated rings. The van der Waals surface area contributed by atoms with E-state index < -0.39 is 0 Å². The lowest BCUT2D eigenvalue weighted by Crippen LogP contribution is -2.14. The van der Waals surface area contributed by atoms with Crippen LogP contribution in [0.25, 0.3) is 0 Å². The first-order valence-electron chi connectivity index (χ1n) is 7.82. The van der Waals surface area contributed by atoms with Crippen LogP contribution in [-0.4, -0.2) is 25.6 Å². The largest absolute Gasteiger partial charge is 0.497 e. The van der Waals surface area contributed by atoms with Gasteiger partial charge in [0, 0.05) is 5.69 Å². The summed E-state index contributed by atoms with van der Waals surface area (Å²) < 4.78 is 10.2. The zero-order valence-electron chi connectivity index (χ0n) is 13.9. The number of anilines is 1. The fraction of sp³-hybridized carbons (Fsp3) is 0.263. The van der Waals surface area contributed by atoms with Crippen molar-refractivity contribution in [3.05, 3.63) is 59.7 Å². The number of carbonyl (C=O) groups excluding carboxylic acids is 2. The number of hydrogen-bond acceptors (Lipinski definition) is 4. The third kappa shape index (κ3) is 5.12. The van der Waals surface area contributed by atoms with Crippen molar-refractivity contribution >= 4 is 17.6 Å². The predicted molar refractivity (Wildman–Crippen MR) is 92.3 cm³/mol. The molecule has 0 saturated carbocycles. The van der Waals surface area contributed by atoms with Gasteiger partial charge in [-0.3, -0.25) is 4.79 Å². The first-order chi connectivity index (χ1) is 11.6. The molecular formula is C19H21NO4. The minimum Gasteiger partial charge on any atom is -0.497 e. The van der Waals surface area contributed by atoms with Crippen LogP contribution in [0.15, 0.2) is 48.5 Å². The number of esters is 1. The molecule has 0 atom stereocenters. The fourth-order valence-corrected chi connectivity index (χ4v) is 2.14. The quantitative estimate of drug-likeness (QED) is 0.791. The van der Waals surface area contributed by atoms with Crippen molar-refractivity contribution in [3.8, 4) is 5.75 Å². The summed E-state index contributed by atoms with van der Waals surface area (Å²) in [5, 5.41) is 2.81. The number of carbonyl (C=O) groups is 2. The van der Waals surface area contributed by atoms with Gasteiger partial charge in [0.25, 0.3) is 0 Å². The number of rotatable bonds is 7. The van der Waals surface area contributed by atoms with Crippen molar-refractivity contribution in [1.29, 1.82) is 0 Å². The summed E-state index contributed by atoms with van der Waals surface area (Å²) in [6.45, 7) is 2.34. The smallest absolute Gasteiger partial charge is 0.338 e. The van der Waals surface area contributed by atoms with Crippen LogP contribution in [0.3, 0.4) is 0 Å². The van der Waals surface area contributed by atoms with E-state index in [1.54, 1.807) is 31.4 Å². The number of ether oxygens (including phenoxy) is 2. The molecule has 2 rings (SSSR count). The maximum absolute atomic E-state index is 12.1. The Morgan fingerprint density at radius 1 is 1.08 bits per heavy atom. The molecule has 126 valence electrons. The lowest BCUT2D eigenvalue weighted by Gasteiger charge is -2.08. The van der Waals surface area contributed by atoms with Crippen LogP contribution in [0.4, 0.5) is 5.69 Å². The van der Waals surface area contributed by atoms with Crippen LogP contribution in [0.5, 0.6) is 5.75 Å². The molecule has 5 nitrogen and oxygen atoms in total. The molecule has 0 aliphatic heterocycles. The van der Waals surface area contributed by atoms with Crippen molar-refractivity contribution in [2.45, 2.75) is 19.8 Å². The molecule has 5 heteroatoms. The van der Waals surface area contributed by atoms with Gasteiger partial charge in [0.05, 0.1) is 25.7 Å². The average molecular weight is 327 g/mol. The van der Waals surface area contributed by atoms with E-state index in [1.165, 1.54) is 0 Å². The van der Waals surface area contributed by atoms with Crippen molar-refractivity contribution in [2.24, 2.45) is 0 Å². The Labute approximate surface area is 141 Å². The molecule has 0 unspecified atom stereocenters. The first-order valence-corrected chi connectivity index (χ1v) is 7.82. The molecule has 2 aromatic carbocycles. The maximum Gasteiger partial charge on any atom is 0.338 e. The zero-order valence-corrected chi connectivity index (χ0v) is 13.9. The average Bonchev–Trinajstić information content (AvgIpc) is 2.60. The van der Waals surface area contributed by atoms with E-state index in [9.17, 15) is 9.59 Å². The van der Waals surface area contributed by atoms with Gasteiger partial charge in [-0.2, -0.15) is 0 Å². The highest BCUT2D eigenvalue weighted by Crippen LogP contribution is 2.15. The monoisotopic (exact) mass is 327 g/mol. The second kappa shape index (κ2) is 8.72. The summed E-state index contributed by atoms with van der Waals surface area (Å²) in [6.07, 6.45) is 1.03. The van der Waals surface area contributed by atoms with Crippen LogP contribution >= 0.6 is 0 Å². The van der Waals surface area contributed by atoms with E-state index in [1.807, 2.05) is 31.2 Å². The van der Waals surface area contributed by atoms with Gasteiger partial charge in [-0.05, 0) is 48.4 Å². The minimum absolute atomic E-state index is 0.135. The van der Waals surface area contributed by atoms with Crippen molar-refractivity contribution in [1.82, 2.24) is 0 Å². The Morgan fingerprint density at radius 2 is 1.83 bits per heavy atom. The number of amides is 1. The third-order valence-corrected chi connectivity index (χ3v) is 3.34. The molecule has 0 saturated heterocycles. The van der Waals surface area contributed by atoms with Crippen LogP contribution < -0.4 is 10.1 Å². The summed E-state index contributed by atoms with van der Waals surface area (Å²) in [7, 11) is 1.59. The molecule has 2 aromatic rings. The van der Waals surface area contributed by atoms with Gasteiger partial charge in [0.1, 0.15) is 5.75 Å². The van der Waals surface area contributed by atoms with Gasteiger partial charge in [-0.15, -0.1) is 0 Å². The maximum atomic E-state index is 12.1. The van der Waals surface area contributed by atoms with Crippen LogP contribution in [0.2, 0.25) is 0 Å². The van der Waals surface area contributed by atoms with Gasteiger partial charge in [-0.25, -0.2) is 4.79 Å². The highest BCUT2D eigenvalue weighted by molar-refractivity contribution is 5.94. The number of nitrogens with one attached hydrogen (secondary N) is 1. The molecule has 0 aliphatic carbocycles. The molecule has 1 amide bonds.